The molecule has 0 amide bonds. The van der Waals surface area contributed by atoms with Crippen LogP contribution in [0, 0.1) is 0 Å². The lowest BCUT2D eigenvalue weighted by atomic mass is 10.2. The highest BCUT2D eigenvalue weighted by molar-refractivity contribution is 6.31. The van der Waals surface area contributed by atoms with Gasteiger partial charge in [-0.25, -0.2) is 9.67 Å². The van der Waals surface area contributed by atoms with Crippen LogP contribution in [0.2, 0.25) is 5.02 Å². The van der Waals surface area contributed by atoms with Gasteiger partial charge in [-0.3, -0.25) is 0 Å². The standard InChI is InChI=1S/C14H15ClN6O/c1-9-6-16-2-3-20(9)14-19-11-4-10(15)5-12(13(11)22-14)21-8-17-7-18-21/h4-5,7-9,16H,2-3,6H2,1H3. The largest absolute Gasteiger partial charge is 0.421 e. The van der Waals surface area contributed by atoms with E-state index in [1.54, 1.807) is 23.1 Å². The number of nitrogens with one attached hydrogen (secondary N) is 1. The van der Waals surface area contributed by atoms with E-state index in [4.69, 9.17) is 16.0 Å². The van der Waals surface area contributed by atoms with Crippen molar-refractivity contribution < 1.29 is 4.42 Å². The summed E-state index contributed by atoms with van der Waals surface area (Å²) >= 11 is 6.20. The predicted molar refractivity (Wildman–Crippen MR) is 83.6 cm³/mol. The van der Waals surface area contributed by atoms with Crippen molar-refractivity contribution in [1.82, 2.24) is 25.1 Å². The van der Waals surface area contributed by atoms with E-state index < -0.39 is 0 Å². The number of fused-ring (bicyclic) bond motifs is 1. The zero-order chi connectivity index (χ0) is 15.1. The second-order valence-corrected chi connectivity index (χ2v) is 5.79. The smallest absolute Gasteiger partial charge is 0.298 e. The quantitative estimate of drug-likeness (QED) is 0.777. The molecule has 1 unspecified atom stereocenters. The van der Waals surface area contributed by atoms with Crippen LogP contribution in [0.1, 0.15) is 6.92 Å². The van der Waals surface area contributed by atoms with Crippen LogP contribution in [0.3, 0.4) is 0 Å². The molecule has 1 saturated heterocycles. The Kier molecular flexibility index (Phi) is 3.24. The SMILES string of the molecule is CC1CNCCN1c1nc2cc(Cl)cc(-n3cncn3)c2o1. The molecule has 0 aliphatic carbocycles. The first-order valence-corrected chi connectivity index (χ1v) is 7.52. The highest BCUT2D eigenvalue weighted by Gasteiger charge is 2.24. The number of hydrogen-bond donors (Lipinski definition) is 1. The topological polar surface area (TPSA) is 72.0 Å². The molecular weight excluding hydrogens is 304 g/mol. The molecule has 0 radical (unpaired) electrons. The van der Waals surface area contributed by atoms with Crippen molar-refractivity contribution >= 4 is 28.7 Å². The van der Waals surface area contributed by atoms with Crippen molar-refractivity contribution in [3.05, 3.63) is 29.8 Å². The molecule has 0 spiro atoms. The lowest BCUT2D eigenvalue weighted by Gasteiger charge is -2.32. The Morgan fingerprint density at radius 2 is 2.32 bits per heavy atom. The van der Waals surface area contributed by atoms with E-state index in [0.717, 1.165) is 30.8 Å². The molecule has 0 bridgehead atoms. The van der Waals surface area contributed by atoms with Crippen molar-refractivity contribution in [2.45, 2.75) is 13.0 Å². The van der Waals surface area contributed by atoms with Crippen molar-refractivity contribution in [1.29, 1.82) is 0 Å². The number of piperazine rings is 1. The minimum atomic E-state index is 0.326. The van der Waals surface area contributed by atoms with Crippen molar-refractivity contribution in [2.75, 3.05) is 24.5 Å². The van der Waals surface area contributed by atoms with E-state index in [2.05, 4.69) is 32.2 Å². The Morgan fingerprint density at radius 3 is 3.09 bits per heavy atom. The number of aromatic nitrogens is 4. The van der Waals surface area contributed by atoms with Gasteiger partial charge in [-0.15, -0.1) is 0 Å². The Bertz CT molecular complexity index is 799. The molecule has 1 aromatic carbocycles. The second-order valence-electron chi connectivity index (χ2n) is 5.36. The molecule has 1 aliphatic rings. The van der Waals surface area contributed by atoms with Crippen LogP contribution in [0.25, 0.3) is 16.8 Å². The number of benzene rings is 1. The number of hydrogen-bond acceptors (Lipinski definition) is 6. The summed E-state index contributed by atoms with van der Waals surface area (Å²) in [4.78, 5) is 10.7. The van der Waals surface area contributed by atoms with Gasteiger partial charge in [0.1, 0.15) is 23.9 Å². The molecule has 3 aromatic rings. The van der Waals surface area contributed by atoms with E-state index in [1.807, 2.05) is 0 Å². The fraction of sp³-hybridized carbons (Fsp3) is 0.357. The number of halogens is 1. The van der Waals surface area contributed by atoms with Crippen molar-refractivity contribution in [2.24, 2.45) is 0 Å². The van der Waals surface area contributed by atoms with Crippen LogP contribution in [-0.2, 0) is 0 Å². The van der Waals surface area contributed by atoms with Gasteiger partial charge in [-0.05, 0) is 19.1 Å². The summed E-state index contributed by atoms with van der Waals surface area (Å²) in [5.41, 5.74) is 2.12. The molecule has 3 heterocycles. The number of nitrogens with zero attached hydrogens (tertiary/aromatic N) is 5. The summed E-state index contributed by atoms with van der Waals surface area (Å²) < 4.78 is 7.66. The molecule has 2 aromatic heterocycles. The summed E-state index contributed by atoms with van der Waals surface area (Å²) in [5, 5.41) is 8.10. The fourth-order valence-electron chi connectivity index (χ4n) is 2.72. The molecule has 114 valence electrons. The Hall–Kier alpha value is -2.12. The maximum absolute atomic E-state index is 6.20. The first kappa shape index (κ1) is 13.5. The minimum Gasteiger partial charge on any atom is -0.421 e. The van der Waals surface area contributed by atoms with Gasteiger partial charge in [-0.1, -0.05) is 11.6 Å². The van der Waals surface area contributed by atoms with Gasteiger partial charge in [0.2, 0.25) is 0 Å². The molecule has 1 atom stereocenters. The zero-order valence-electron chi connectivity index (χ0n) is 12.0. The summed E-state index contributed by atoms with van der Waals surface area (Å²) in [7, 11) is 0. The van der Waals surface area contributed by atoms with Crippen LogP contribution in [0.15, 0.2) is 29.2 Å². The van der Waals surface area contributed by atoms with Crippen LogP contribution >= 0.6 is 11.6 Å². The van der Waals surface area contributed by atoms with E-state index in [0.29, 0.717) is 22.7 Å². The Balaban J connectivity index is 1.85. The lowest BCUT2D eigenvalue weighted by molar-refractivity contribution is 0.455. The van der Waals surface area contributed by atoms with E-state index >= 15 is 0 Å². The molecule has 7 nitrogen and oxygen atoms in total. The van der Waals surface area contributed by atoms with E-state index in [-0.39, 0.29) is 0 Å². The number of oxazole rings is 1. The first-order chi connectivity index (χ1) is 10.7. The molecule has 0 saturated carbocycles. The molecule has 1 N–H and O–H groups in total. The van der Waals surface area contributed by atoms with Crippen molar-refractivity contribution in [3.63, 3.8) is 0 Å². The van der Waals surface area contributed by atoms with E-state index in [9.17, 15) is 0 Å². The second kappa shape index (κ2) is 5.26. The van der Waals surface area contributed by atoms with Gasteiger partial charge in [0.05, 0.1) is 0 Å². The maximum atomic E-state index is 6.20. The summed E-state index contributed by atoms with van der Waals surface area (Å²) in [5.74, 6) is 0. The van der Waals surface area contributed by atoms with Gasteiger partial charge < -0.3 is 14.6 Å². The molecule has 4 rings (SSSR count). The number of anilines is 1. The number of rotatable bonds is 2. The molecule has 22 heavy (non-hydrogen) atoms. The predicted octanol–water partition coefficient (Wildman–Crippen LogP) is 1.86. The summed E-state index contributed by atoms with van der Waals surface area (Å²) in [6.45, 7) is 4.84. The van der Waals surface area contributed by atoms with Gasteiger partial charge in [0, 0.05) is 30.7 Å². The zero-order valence-corrected chi connectivity index (χ0v) is 12.8. The van der Waals surface area contributed by atoms with Crippen LogP contribution in [-0.4, -0.2) is 45.4 Å². The van der Waals surface area contributed by atoms with Gasteiger partial charge in [-0.2, -0.15) is 10.1 Å². The summed E-state index contributed by atoms with van der Waals surface area (Å²) in [6.07, 6.45) is 3.09. The normalized spacial score (nSPS) is 19.0. The van der Waals surface area contributed by atoms with Crippen LogP contribution < -0.4 is 10.2 Å². The maximum Gasteiger partial charge on any atom is 0.298 e. The Labute approximate surface area is 131 Å². The molecule has 1 fully saturated rings. The minimum absolute atomic E-state index is 0.326. The van der Waals surface area contributed by atoms with Crippen LogP contribution in [0.4, 0.5) is 6.01 Å². The average Bonchev–Trinajstić information content (AvgIpc) is 3.15. The highest BCUT2D eigenvalue weighted by Crippen LogP contribution is 2.31. The van der Waals surface area contributed by atoms with Gasteiger partial charge >= 0.3 is 0 Å². The molecular formula is C14H15ClN6O. The third-order valence-electron chi connectivity index (χ3n) is 3.84. The third-order valence-corrected chi connectivity index (χ3v) is 4.05. The van der Waals surface area contributed by atoms with Crippen LogP contribution in [0.5, 0.6) is 0 Å². The fourth-order valence-corrected chi connectivity index (χ4v) is 2.93. The summed E-state index contributed by atoms with van der Waals surface area (Å²) in [6, 6.07) is 4.55. The average molecular weight is 319 g/mol. The lowest BCUT2D eigenvalue weighted by Crippen LogP contribution is -2.50. The van der Waals surface area contributed by atoms with E-state index in [1.165, 1.54) is 6.33 Å². The molecule has 8 heteroatoms. The first-order valence-electron chi connectivity index (χ1n) is 7.15. The monoisotopic (exact) mass is 318 g/mol. The van der Waals surface area contributed by atoms with Crippen molar-refractivity contribution in [3.8, 4) is 5.69 Å². The highest BCUT2D eigenvalue weighted by atomic mass is 35.5. The molecule has 1 aliphatic heterocycles. The Morgan fingerprint density at radius 1 is 1.41 bits per heavy atom. The van der Waals surface area contributed by atoms with Gasteiger partial charge in [0.15, 0.2) is 5.58 Å². The third kappa shape index (κ3) is 2.22. The van der Waals surface area contributed by atoms with Gasteiger partial charge in [0.25, 0.3) is 6.01 Å².